The predicted molar refractivity (Wildman–Crippen MR) is 147 cm³/mol. The highest BCUT2D eigenvalue weighted by Crippen LogP contribution is 2.51. The largest absolute Gasteiger partial charge is 0.497 e. The van der Waals surface area contributed by atoms with E-state index in [4.69, 9.17) is 67.5 Å². The Hall–Kier alpha value is -2.68. The first-order valence-electron chi connectivity index (χ1n) is 11.1. The van der Waals surface area contributed by atoms with Crippen LogP contribution in [-0.2, 0) is 4.79 Å². The molecule has 0 aromatic heterocycles. The minimum absolute atomic E-state index is 0.165. The smallest absolute Gasteiger partial charge is 0.264 e. The lowest BCUT2D eigenvalue weighted by molar-refractivity contribution is -0.130. The zero-order valence-electron chi connectivity index (χ0n) is 19.9. The number of hydrogen-bond acceptors (Lipinski definition) is 5. The highest BCUT2D eigenvalue weighted by Gasteiger charge is 2.59. The third kappa shape index (κ3) is 3.83. The van der Waals surface area contributed by atoms with Gasteiger partial charge in [0.05, 0.1) is 51.5 Å². The molecule has 0 spiro atoms. The summed E-state index contributed by atoms with van der Waals surface area (Å²) in [5.74, 6) is -1.26. The zero-order chi connectivity index (χ0) is 27.6. The number of amides is 3. The number of carbonyl (C=O) groups excluding carboxylic acids is 3. The Balaban J connectivity index is 1.71. The van der Waals surface area contributed by atoms with Crippen LogP contribution in [0.1, 0.15) is 37.9 Å². The summed E-state index contributed by atoms with van der Waals surface area (Å²) in [4.78, 5) is 43.5. The van der Waals surface area contributed by atoms with Crippen LogP contribution in [-0.4, -0.2) is 42.9 Å². The topological polar surface area (TPSA) is 76.1 Å². The number of carbonyl (C=O) groups is 3. The summed E-state index contributed by atoms with van der Waals surface area (Å²) in [6.07, 6.45) is 0. The van der Waals surface area contributed by atoms with Gasteiger partial charge >= 0.3 is 0 Å². The second-order valence-electron chi connectivity index (χ2n) is 8.62. The molecule has 0 N–H and O–H groups in total. The third-order valence-corrected chi connectivity index (χ3v) is 8.70. The molecular formula is C26H17Cl5N2O5. The molecule has 196 valence electrons. The molecule has 0 aliphatic carbocycles. The second kappa shape index (κ2) is 9.81. The monoisotopic (exact) mass is 612 g/mol. The maximum atomic E-state index is 13.8. The van der Waals surface area contributed by atoms with Crippen LogP contribution in [0.4, 0.5) is 5.69 Å². The van der Waals surface area contributed by atoms with Gasteiger partial charge in [-0.15, -0.1) is 0 Å². The number of rotatable bonds is 5. The fraction of sp³-hybridized carbons (Fsp3) is 0.192. The lowest BCUT2D eigenvalue weighted by Gasteiger charge is -2.50. The first-order chi connectivity index (χ1) is 18.0. The molecule has 0 unspecified atom stereocenters. The molecule has 12 heteroatoms. The second-order valence-corrected chi connectivity index (χ2v) is 10.6. The summed E-state index contributed by atoms with van der Waals surface area (Å²) in [7, 11) is 2.97. The van der Waals surface area contributed by atoms with Gasteiger partial charge in [-0.2, -0.15) is 0 Å². The molecule has 1 saturated heterocycles. The molecular weight excluding hydrogens is 598 g/mol. The number of methoxy groups -OCH3 is 2. The molecule has 2 heterocycles. The molecule has 2 aliphatic rings. The Labute approximate surface area is 242 Å². The summed E-state index contributed by atoms with van der Waals surface area (Å²) < 4.78 is 11.0. The van der Waals surface area contributed by atoms with Crippen LogP contribution in [0.2, 0.25) is 25.1 Å². The maximum absolute atomic E-state index is 13.8. The fourth-order valence-corrected chi connectivity index (χ4v) is 6.02. The van der Waals surface area contributed by atoms with E-state index in [0.717, 1.165) is 10.5 Å². The normalized spacial score (nSPS) is 18.6. The van der Waals surface area contributed by atoms with E-state index < -0.39 is 29.8 Å². The van der Waals surface area contributed by atoms with E-state index in [2.05, 4.69) is 0 Å². The van der Waals surface area contributed by atoms with Crippen LogP contribution < -0.4 is 14.4 Å². The average molecular weight is 615 g/mol. The van der Waals surface area contributed by atoms with Gasteiger partial charge in [0.15, 0.2) is 0 Å². The first-order valence-corrected chi connectivity index (χ1v) is 13.0. The number of benzene rings is 3. The number of imide groups is 1. The summed E-state index contributed by atoms with van der Waals surface area (Å²) in [6, 6.07) is 8.02. The predicted octanol–water partition coefficient (Wildman–Crippen LogP) is 7.03. The van der Waals surface area contributed by atoms with E-state index in [0.29, 0.717) is 27.8 Å². The van der Waals surface area contributed by atoms with E-state index in [9.17, 15) is 14.4 Å². The van der Waals surface area contributed by atoms with E-state index in [-0.39, 0.29) is 31.2 Å². The molecule has 0 saturated carbocycles. The molecule has 5 rings (SSSR count). The van der Waals surface area contributed by atoms with Crippen molar-refractivity contribution in [3.63, 3.8) is 0 Å². The minimum atomic E-state index is -1.27. The van der Waals surface area contributed by atoms with Gasteiger partial charge in [0.25, 0.3) is 17.7 Å². The van der Waals surface area contributed by atoms with Crippen molar-refractivity contribution in [3.8, 4) is 11.5 Å². The van der Waals surface area contributed by atoms with Gasteiger partial charge in [0, 0.05) is 16.3 Å². The minimum Gasteiger partial charge on any atom is -0.497 e. The number of halogens is 5. The standard InChI is InChI=1S/C26H17Cl5N2O5/c1-10-4-5-11(27)8-14(10)32-22(13-9-12(37-2)6-7-15(13)38-3)23(26(32)36)33-24(34)16-17(25(33)35)19(29)21(31)20(30)18(16)28/h4-9,22-23H,1-3H3/t22-,23-/m0/s1. The number of fused-ring (bicyclic) bond motifs is 1. The van der Waals surface area contributed by atoms with E-state index >= 15 is 0 Å². The van der Waals surface area contributed by atoms with Crippen molar-refractivity contribution in [2.45, 2.75) is 19.0 Å². The van der Waals surface area contributed by atoms with Gasteiger partial charge in [-0.1, -0.05) is 64.1 Å². The molecule has 0 radical (unpaired) electrons. The summed E-state index contributed by atoms with van der Waals surface area (Å²) in [6.45, 7) is 1.82. The highest BCUT2D eigenvalue weighted by atomic mass is 35.5. The molecule has 0 bridgehead atoms. The Kier molecular flexibility index (Phi) is 6.95. The first kappa shape index (κ1) is 26.9. The van der Waals surface area contributed by atoms with Crippen LogP contribution >= 0.6 is 58.0 Å². The third-order valence-electron chi connectivity index (χ3n) is 6.66. The van der Waals surface area contributed by atoms with Gasteiger partial charge in [-0.05, 0) is 42.8 Å². The van der Waals surface area contributed by atoms with Gasteiger partial charge in [-0.25, -0.2) is 0 Å². The summed E-state index contributed by atoms with van der Waals surface area (Å²) in [5, 5.41) is -0.366. The van der Waals surface area contributed by atoms with Crippen LogP contribution in [0.5, 0.6) is 11.5 Å². The van der Waals surface area contributed by atoms with E-state index in [1.807, 2.05) is 6.92 Å². The van der Waals surface area contributed by atoms with Crippen molar-refractivity contribution in [2.24, 2.45) is 0 Å². The lowest BCUT2D eigenvalue weighted by atomic mass is 9.85. The quantitative estimate of drug-likeness (QED) is 0.134. The molecule has 3 aromatic rings. The van der Waals surface area contributed by atoms with Crippen LogP contribution in [0.3, 0.4) is 0 Å². The lowest BCUT2D eigenvalue weighted by Crippen LogP contribution is -2.67. The average Bonchev–Trinajstić information content (AvgIpc) is 3.16. The molecule has 38 heavy (non-hydrogen) atoms. The SMILES string of the molecule is COc1ccc(OC)c([C@H]2[C@H](N3C(=O)c4c(Cl)c(Cl)c(Cl)c(Cl)c4C3=O)C(=O)N2c2cc(Cl)ccc2C)c1. The summed E-state index contributed by atoms with van der Waals surface area (Å²) >= 11 is 31.3. The van der Waals surface area contributed by atoms with Crippen molar-refractivity contribution >= 4 is 81.4 Å². The number of hydrogen-bond donors (Lipinski definition) is 0. The van der Waals surface area contributed by atoms with Crippen molar-refractivity contribution in [1.29, 1.82) is 0 Å². The molecule has 1 fully saturated rings. The number of aryl methyl sites for hydroxylation is 1. The maximum Gasteiger partial charge on any atom is 0.264 e. The van der Waals surface area contributed by atoms with Crippen LogP contribution in [0.15, 0.2) is 36.4 Å². The summed E-state index contributed by atoms with van der Waals surface area (Å²) in [5.41, 5.74) is 1.34. The van der Waals surface area contributed by atoms with Crippen molar-refractivity contribution in [2.75, 3.05) is 19.1 Å². The Morgan fingerprint density at radius 3 is 1.87 bits per heavy atom. The number of β-lactam (4-membered cyclic amide) rings is 1. The molecule has 7 nitrogen and oxygen atoms in total. The Morgan fingerprint density at radius 2 is 1.32 bits per heavy atom. The van der Waals surface area contributed by atoms with Crippen molar-refractivity contribution in [3.05, 3.63) is 83.8 Å². The van der Waals surface area contributed by atoms with E-state index in [1.165, 1.54) is 19.1 Å². The zero-order valence-corrected chi connectivity index (χ0v) is 23.7. The van der Waals surface area contributed by atoms with Gasteiger partial charge in [0.1, 0.15) is 17.5 Å². The number of nitrogens with zero attached hydrogens (tertiary/aromatic N) is 2. The fourth-order valence-electron chi connectivity index (χ4n) is 4.83. The van der Waals surface area contributed by atoms with Crippen molar-refractivity contribution in [1.82, 2.24) is 4.90 Å². The van der Waals surface area contributed by atoms with Crippen molar-refractivity contribution < 1.29 is 23.9 Å². The van der Waals surface area contributed by atoms with Crippen LogP contribution in [0.25, 0.3) is 0 Å². The highest BCUT2D eigenvalue weighted by molar-refractivity contribution is 6.55. The molecule has 3 aromatic carbocycles. The van der Waals surface area contributed by atoms with Gasteiger partial charge in [-0.3, -0.25) is 24.2 Å². The number of anilines is 1. The number of ether oxygens (including phenoxy) is 2. The molecule has 3 amide bonds. The van der Waals surface area contributed by atoms with Gasteiger partial charge in [0.2, 0.25) is 0 Å². The molecule has 2 aliphatic heterocycles. The van der Waals surface area contributed by atoms with Gasteiger partial charge < -0.3 is 9.47 Å². The molecule has 2 atom stereocenters. The van der Waals surface area contributed by atoms with E-state index in [1.54, 1.807) is 36.4 Å². The van der Waals surface area contributed by atoms with Crippen LogP contribution in [0, 0.1) is 6.92 Å². The Bertz CT molecular complexity index is 1510. The Morgan fingerprint density at radius 1 is 0.711 bits per heavy atom.